The van der Waals surface area contributed by atoms with Gasteiger partial charge in [-0.2, -0.15) is 0 Å². The molecule has 0 amide bonds. The average Bonchev–Trinajstić information content (AvgIpc) is 2.54. The molecule has 0 aliphatic heterocycles. The number of aliphatic hydroxyl groups excluding tert-OH is 4. The van der Waals surface area contributed by atoms with Gasteiger partial charge in [-0.15, -0.1) is 0 Å². The molecule has 5 heteroatoms. The second kappa shape index (κ2) is 15.3. The minimum Gasteiger partial charge on any atom is -0.395 e. The minimum absolute atomic E-state index is 0.103. The van der Waals surface area contributed by atoms with Crippen LogP contribution in [0.25, 0.3) is 0 Å². The Bertz CT molecular complexity index is 253. The van der Waals surface area contributed by atoms with Crippen LogP contribution in [-0.4, -0.2) is 51.4 Å². The zero-order chi connectivity index (χ0) is 17.5. The predicted octanol–water partition coefficient (Wildman–Crippen LogP) is 2.09. The van der Waals surface area contributed by atoms with Crippen molar-refractivity contribution in [3.63, 3.8) is 0 Å². The van der Waals surface area contributed by atoms with Gasteiger partial charge in [-0.05, 0) is 6.42 Å². The highest BCUT2D eigenvalue weighted by atomic mass is 16.3. The highest BCUT2D eigenvalue weighted by Crippen LogP contribution is 2.14. The van der Waals surface area contributed by atoms with Gasteiger partial charge in [0.25, 0.3) is 0 Å². The van der Waals surface area contributed by atoms with E-state index in [0.717, 1.165) is 12.8 Å². The van der Waals surface area contributed by atoms with E-state index < -0.39 is 24.4 Å². The van der Waals surface area contributed by atoms with Crippen molar-refractivity contribution in [2.75, 3.05) is 6.61 Å². The van der Waals surface area contributed by atoms with Crippen molar-refractivity contribution < 1.29 is 20.4 Å². The molecule has 6 N–H and O–H groups in total. The van der Waals surface area contributed by atoms with Gasteiger partial charge in [-0.3, -0.25) is 0 Å². The summed E-state index contributed by atoms with van der Waals surface area (Å²) in [5.41, 5.74) is 5.46. The van der Waals surface area contributed by atoms with Crippen molar-refractivity contribution in [1.82, 2.24) is 0 Å². The van der Waals surface area contributed by atoms with E-state index in [9.17, 15) is 15.3 Å². The fourth-order valence-corrected chi connectivity index (χ4v) is 2.80. The van der Waals surface area contributed by atoms with E-state index in [1.165, 1.54) is 51.4 Å². The average molecular weight is 334 g/mol. The molecular formula is C18H39NO4. The summed E-state index contributed by atoms with van der Waals surface area (Å²) in [6.45, 7) is 1.85. The number of aliphatic hydroxyl groups is 4. The molecule has 5 nitrogen and oxygen atoms in total. The Balaban J connectivity index is 3.47. The molecule has 0 aromatic heterocycles. The Morgan fingerprint density at radius 2 is 1.26 bits per heavy atom. The van der Waals surface area contributed by atoms with Crippen LogP contribution in [0.5, 0.6) is 0 Å². The third-order valence-corrected chi connectivity index (χ3v) is 4.45. The van der Waals surface area contributed by atoms with Gasteiger partial charge in [0.2, 0.25) is 0 Å². The van der Waals surface area contributed by atoms with Crippen molar-refractivity contribution in [3.05, 3.63) is 0 Å². The number of unbranched alkanes of at least 4 members (excludes halogenated alkanes) is 9. The molecule has 0 radical (unpaired) electrons. The molecule has 0 aromatic rings. The molecule has 140 valence electrons. The highest BCUT2D eigenvalue weighted by Gasteiger charge is 2.24. The van der Waals surface area contributed by atoms with Crippen LogP contribution in [0, 0.1) is 0 Å². The molecule has 0 rings (SSSR count). The van der Waals surface area contributed by atoms with Gasteiger partial charge in [0, 0.05) is 6.42 Å². The van der Waals surface area contributed by atoms with E-state index in [0.29, 0.717) is 6.42 Å². The van der Waals surface area contributed by atoms with Crippen molar-refractivity contribution in [2.45, 2.75) is 108 Å². The normalized spacial score (nSPS) is 17.0. The van der Waals surface area contributed by atoms with Gasteiger partial charge in [-0.1, -0.05) is 71.1 Å². The van der Waals surface area contributed by atoms with E-state index in [1.54, 1.807) is 0 Å². The third-order valence-electron chi connectivity index (χ3n) is 4.45. The van der Waals surface area contributed by atoms with Gasteiger partial charge >= 0.3 is 0 Å². The summed E-state index contributed by atoms with van der Waals surface area (Å²) in [4.78, 5) is 0. The van der Waals surface area contributed by atoms with Crippen LogP contribution in [0.4, 0.5) is 0 Å². The fourth-order valence-electron chi connectivity index (χ4n) is 2.80. The maximum atomic E-state index is 9.87. The molecule has 0 aliphatic rings. The van der Waals surface area contributed by atoms with Gasteiger partial charge < -0.3 is 26.2 Å². The molecule has 0 aromatic carbocycles. The van der Waals surface area contributed by atoms with Crippen LogP contribution in [0.2, 0.25) is 0 Å². The molecule has 0 aliphatic carbocycles. The molecule has 4 atom stereocenters. The topological polar surface area (TPSA) is 107 Å². The Kier molecular flexibility index (Phi) is 15.2. The summed E-state index contributed by atoms with van der Waals surface area (Å²) in [7, 11) is 0. The standard InChI is InChI=1S/C18H39NO4/c1-2-3-4-5-6-7-8-9-10-11-12-15(21)13-17(22)18(23)16(19)14-20/h15-18,20-23H,2-14,19H2,1H3/t15?,16-,17+,18-/m0/s1. The van der Waals surface area contributed by atoms with Crippen molar-refractivity contribution in [3.8, 4) is 0 Å². The van der Waals surface area contributed by atoms with E-state index in [1.807, 2.05) is 0 Å². The van der Waals surface area contributed by atoms with Crippen LogP contribution >= 0.6 is 0 Å². The molecule has 0 spiro atoms. The third kappa shape index (κ3) is 12.8. The minimum atomic E-state index is -1.19. The van der Waals surface area contributed by atoms with Crippen molar-refractivity contribution in [1.29, 1.82) is 0 Å². The van der Waals surface area contributed by atoms with Crippen LogP contribution in [0.15, 0.2) is 0 Å². The van der Waals surface area contributed by atoms with E-state index in [4.69, 9.17) is 10.8 Å². The van der Waals surface area contributed by atoms with Crippen LogP contribution in [0.1, 0.15) is 84.0 Å². The van der Waals surface area contributed by atoms with Gasteiger partial charge in [-0.25, -0.2) is 0 Å². The summed E-state index contributed by atoms with van der Waals surface area (Å²) >= 11 is 0. The lowest BCUT2D eigenvalue weighted by Gasteiger charge is -2.24. The molecule has 0 bridgehead atoms. The van der Waals surface area contributed by atoms with Crippen LogP contribution in [0.3, 0.4) is 0 Å². The van der Waals surface area contributed by atoms with Crippen LogP contribution in [-0.2, 0) is 0 Å². The van der Waals surface area contributed by atoms with E-state index in [2.05, 4.69) is 6.92 Å². The van der Waals surface area contributed by atoms with E-state index >= 15 is 0 Å². The van der Waals surface area contributed by atoms with Gasteiger partial charge in [0.15, 0.2) is 0 Å². The number of rotatable bonds is 16. The first-order valence-corrected chi connectivity index (χ1v) is 9.43. The highest BCUT2D eigenvalue weighted by molar-refractivity contribution is 4.79. The smallest absolute Gasteiger partial charge is 0.0972 e. The second-order valence-electron chi connectivity index (χ2n) is 6.76. The van der Waals surface area contributed by atoms with Gasteiger partial charge in [0.1, 0.15) is 0 Å². The summed E-state index contributed by atoms with van der Waals surface area (Å²) in [6, 6.07) is -0.866. The summed E-state index contributed by atoms with van der Waals surface area (Å²) in [6.07, 6.45) is 10.3. The SMILES string of the molecule is CCCCCCCCCCCCC(O)C[C@@H](O)[C@@H](O)[C@@H](N)CO. The number of hydrogen-bond donors (Lipinski definition) is 5. The molecule has 1 unspecified atom stereocenters. The van der Waals surface area contributed by atoms with Crippen LogP contribution < -0.4 is 5.73 Å². The molecule has 0 saturated heterocycles. The summed E-state index contributed by atoms with van der Waals surface area (Å²) in [5, 5.41) is 38.1. The maximum Gasteiger partial charge on any atom is 0.0972 e. The molecular weight excluding hydrogens is 294 g/mol. The first-order chi connectivity index (χ1) is 11.0. The Morgan fingerprint density at radius 1 is 0.783 bits per heavy atom. The number of hydrogen-bond acceptors (Lipinski definition) is 5. The largest absolute Gasteiger partial charge is 0.395 e. The van der Waals surface area contributed by atoms with Crippen molar-refractivity contribution >= 4 is 0 Å². The molecule has 0 fully saturated rings. The lowest BCUT2D eigenvalue weighted by Crippen LogP contribution is -2.46. The predicted molar refractivity (Wildman–Crippen MR) is 94.2 cm³/mol. The number of nitrogens with two attached hydrogens (primary N) is 1. The maximum absolute atomic E-state index is 9.87. The monoisotopic (exact) mass is 333 g/mol. The first-order valence-electron chi connectivity index (χ1n) is 9.43. The quantitative estimate of drug-likeness (QED) is 0.278. The Hall–Kier alpha value is -0.200. The fraction of sp³-hybridized carbons (Fsp3) is 1.00. The van der Waals surface area contributed by atoms with E-state index in [-0.39, 0.29) is 13.0 Å². The molecule has 23 heavy (non-hydrogen) atoms. The second-order valence-corrected chi connectivity index (χ2v) is 6.76. The lowest BCUT2D eigenvalue weighted by atomic mass is 9.98. The molecule has 0 saturated carbocycles. The Labute approximate surface area is 141 Å². The van der Waals surface area contributed by atoms with Gasteiger partial charge in [0.05, 0.1) is 31.0 Å². The zero-order valence-corrected chi connectivity index (χ0v) is 14.9. The summed E-state index contributed by atoms with van der Waals surface area (Å²) < 4.78 is 0. The molecule has 0 heterocycles. The lowest BCUT2D eigenvalue weighted by molar-refractivity contribution is -0.0326. The first kappa shape index (κ1) is 22.8. The summed E-state index contributed by atoms with van der Waals surface area (Å²) in [5.74, 6) is 0. The zero-order valence-electron chi connectivity index (χ0n) is 14.9. The Morgan fingerprint density at radius 3 is 1.74 bits per heavy atom. The van der Waals surface area contributed by atoms with Crippen molar-refractivity contribution in [2.24, 2.45) is 5.73 Å².